The highest BCUT2D eigenvalue weighted by Crippen LogP contribution is 2.27. The number of hydrogen-bond donors (Lipinski definition) is 3. The van der Waals surface area contributed by atoms with Gasteiger partial charge in [0.1, 0.15) is 5.58 Å². The highest BCUT2D eigenvalue weighted by atomic mass is 16.4. The summed E-state index contributed by atoms with van der Waals surface area (Å²) in [6.07, 6.45) is 3.50. The van der Waals surface area contributed by atoms with Crippen molar-refractivity contribution in [1.29, 1.82) is 0 Å². The standard InChI is InChI=1S/C16H19NO4/c18-13-7-3-2-6-12(13)17-9-11-10-5-1-4-8-14(10)21-15(11)16(19)20/h1,4-5,8,12-13,17-18H,2-3,6-7,9H2,(H,19,20). The summed E-state index contributed by atoms with van der Waals surface area (Å²) in [5.41, 5.74) is 1.23. The second-order valence-corrected chi connectivity index (χ2v) is 5.55. The van der Waals surface area contributed by atoms with E-state index in [0.29, 0.717) is 17.7 Å². The Morgan fingerprint density at radius 2 is 2.05 bits per heavy atom. The number of benzene rings is 1. The van der Waals surface area contributed by atoms with E-state index < -0.39 is 5.97 Å². The predicted molar refractivity (Wildman–Crippen MR) is 78.3 cm³/mol. The molecule has 5 heteroatoms. The monoisotopic (exact) mass is 289 g/mol. The Kier molecular flexibility index (Phi) is 3.94. The van der Waals surface area contributed by atoms with E-state index in [4.69, 9.17) is 4.42 Å². The third-order valence-corrected chi connectivity index (χ3v) is 4.16. The van der Waals surface area contributed by atoms with Crippen LogP contribution in [0, 0.1) is 0 Å². The predicted octanol–water partition coefficient (Wildman–Crippen LogP) is 2.52. The molecule has 0 aliphatic heterocycles. The molecule has 1 aliphatic rings. The van der Waals surface area contributed by atoms with Crippen LogP contribution in [0.5, 0.6) is 0 Å². The topological polar surface area (TPSA) is 82.7 Å². The zero-order chi connectivity index (χ0) is 14.8. The Balaban J connectivity index is 1.85. The molecule has 1 heterocycles. The summed E-state index contributed by atoms with van der Waals surface area (Å²) in [6.45, 7) is 0.389. The molecule has 1 saturated carbocycles. The summed E-state index contributed by atoms with van der Waals surface area (Å²) in [6, 6.07) is 7.33. The van der Waals surface area contributed by atoms with Crippen molar-refractivity contribution in [3.8, 4) is 0 Å². The van der Waals surface area contributed by atoms with E-state index >= 15 is 0 Å². The van der Waals surface area contributed by atoms with Crippen molar-refractivity contribution in [3.63, 3.8) is 0 Å². The third kappa shape index (κ3) is 2.80. The molecule has 1 aromatic heterocycles. The number of carbonyl (C=O) groups is 1. The summed E-state index contributed by atoms with van der Waals surface area (Å²) in [7, 11) is 0. The first-order valence-electron chi connectivity index (χ1n) is 7.32. The molecule has 2 aromatic rings. The fraction of sp³-hybridized carbons (Fsp3) is 0.438. The molecule has 2 unspecified atom stereocenters. The highest BCUT2D eigenvalue weighted by Gasteiger charge is 2.25. The number of carboxylic acid groups (broad SMARTS) is 1. The van der Waals surface area contributed by atoms with Gasteiger partial charge in [0.2, 0.25) is 5.76 Å². The molecule has 21 heavy (non-hydrogen) atoms. The Morgan fingerprint density at radius 1 is 1.29 bits per heavy atom. The van der Waals surface area contributed by atoms with Crippen LogP contribution in [0.1, 0.15) is 41.8 Å². The highest BCUT2D eigenvalue weighted by molar-refractivity contribution is 5.95. The number of carboxylic acids is 1. The first kappa shape index (κ1) is 14.1. The van der Waals surface area contributed by atoms with Gasteiger partial charge in [0.25, 0.3) is 0 Å². The van der Waals surface area contributed by atoms with Gasteiger partial charge in [-0.15, -0.1) is 0 Å². The smallest absolute Gasteiger partial charge is 0.372 e. The van der Waals surface area contributed by atoms with Crippen LogP contribution in [0.15, 0.2) is 28.7 Å². The van der Waals surface area contributed by atoms with Gasteiger partial charge < -0.3 is 19.9 Å². The van der Waals surface area contributed by atoms with Gasteiger partial charge in [-0.05, 0) is 18.9 Å². The van der Waals surface area contributed by atoms with Gasteiger partial charge in [-0.3, -0.25) is 0 Å². The van der Waals surface area contributed by atoms with Crippen LogP contribution < -0.4 is 5.32 Å². The molecule has 1 aromatic carbocycles. The Labute approximate surface area is 122 Å². The lowest BCUT2D eigenvalue weighted by atomic mass is 9.92. The SMILES string of the molecule is O=C(O)c1oc2ccccc2c1CNC1CCCCC1O. The van der Waals surface area contributed by atoms with Crippen LogP contribution in [0.4, 0.5) is 0 Å². The fourth-order valence-electron chi connectivity index (χ4n) is 3.03. The van der Waals surface area contributed by atoms with Crippen LogP contribution in [0.25, 0.3) is 11.0 Å². The zero-order valence-corrected chi connectivity index (χ0v) is 11.7. The average Bonchev–Trinajstić information content (AvgIpc) is 2.85. The number of aliphatic hydroxyl groups excluding tert-OH is 1. The molecule has 0 amide bonds. The molecule has 3 rings (SSSR count). The van der Waals surface area contributed by atoms with Gasteiger partial charge >= 0.3 is 5.97 Å². The zero-order valence-electron chi connectivity index (χ0n) is 11.7. The molecular weight excluding hydrogens is 270 g/mol. The van der Waals surface area contributed by atoms with Crippen molar-refractivity contribution in [2.75, 3.05) is 0 Å². The quantitative estimate of drug-likeness (QED) is 0.805. The molecule has 0 spiro atoms. The lowest BCUT2D eigenvalue weighted by Gasteiger charge is -2.28. The molecule has 1 aliphatic carbocycles. The number of fused-ring (bicyclic) bond motifs is 1. The normalized spacial score (nSPS) is 22.5. The minimum absolute atomic E-state index is 0.0194. The van der Waals surface area contributed by atoms with Crippen LogP contribution in [0.3, 0.4) is 0 Å². The van der Waals surface area contributed by atoms with Crippen LogP contribution >= 0.6 is 0 Å². The van der Waals surface area contributed by atoms with Crippen molar-refractivity contribution in [2.45, 2.75) is 44.4 Å². The molecule has 0 saturated heterocycles. The van der Waals surface area contributed by atoms with Crippen molar-refractivity contribution in [2.24, 2.45) is 0 Å². The van der Waals surface area contributed by atoms with Crippen molar-refractivity contribution < 1.29 is 19.4 Å². The summed E-state index contributed by atoms with van der Waals surface area (Å²) < 4.78 is 5.43. The number of para-hydroxylation sites is 1. The van der Waals surface area contributed by atoms with E-state index in [2.05, 4.69) is 5.32 Å². The van der Waals surface area contributed by atoms with Crippen LogP contribution in [0.2, 0.25) is 0 Å². The van der Waals surface area contributed by atoms with Crippen LogP contribution in [-0.4, -0.2) is 28.3 Å². The minimum atomic E-state index is -1.06. The van der Waals surface area contributed by atoms with Gasteiger partial charge in [-0.2, -0.15) is 0 Å². The number of aromatic carboxylic acids is 1. The van der Waals surface area contributed by atoms with E-state index in [1.807, 2.05) is 18.2 Å². The van der Waals surface area contributed by atoms with Crippen molar-refractivity contribution in [3.05, 3.63) is 35.6 Å². The van der Waals surface area contributed by atoms with E-state index in [9.17, 15) is 15.0 Å². The van der Waals surface area contributed by atoms with Gasteiger partial charge in [-0.1, -0.05) is 31.0 Å². The summed E-state index contributed by atoms with van der Waals surface area (Å²) >= 11 is 0. The number of aliphatic hydroxyl groups is 1. The fourth-order valence-corrected chi connectivity index (χ4v) is 3.03. The number of nitrogens with one attached hydrogen (secondary N) is 1. The van der Waals surface area contributed by atoms with Gasteiger partial charge in [0.15, 0.2) is 0 Å². The average molecular weight is 289 g/mol. The van der Waals surface area contributed by atoms with E-state index in [1.54, 1.807) is 6.07 Å². The molecule has 0 bridgehead atoms. The first-order valence-corrected chi connectivity index (χ1v) is 7.32. The molecule has 5 nitrogen and oxygen atoms in total. The van der Waals surface area contributed by atoms with Crippen LogP contribution in [-0.2, 0) is 6.54 Å². The van der Waals surface area contributed by atoms with Gasteiger partial charge in [0, 0.05) is 23.5 Å². The molecule has 112 valence electrons. The number of furan rings is 1. The molecule has 2 atom stereocenters. The maximum atomic E-state index is 11.3. The third-order valence-electron chi connectivity index (χ3n) is 4.16. The van der Waals surface area contributed by atoms with E-state index in [0.717, 1.165) is 31.1 Å². The van der Waals surface area contributed by atoms with Crippen molar-refractivity contribution in [1.82, 2.24) is 5.32 Å². The lowest BCUT2D eigenvalue weighted by Crippen LogP contribution is -2.41. The second kappa shape index (κ2) is 5.87. The van der Waals surface area contributed by atoms with Crippen molar-refractivity contribution >= 4 is 16.9 Å². The Hall–Kier alpha value is -1.85. The number of rotatable bonds is 4. The second-order valence-electron chi connectivity index (χ2n) is 5.55. The molecule has 1 fully saturated rings. The Morgan fingerprint density at radius 3 is 2.81 bits per heavy atom. The van der Waals surface area contributed by atoms with Gasteiger partial charge in [-0.25, -0.2) is 4.79 Å². The largest absolute Gasteiger partial charge is 0.475 e. The summed E-state index contributed by atoms with van der Waals surface area (Å²) in [5, 5.41) is 23.4. The summed E-state index contributed by atoms with van der Waals surface area (Å²) in [5.74, 6) is -1.08. The lowest BCUT2D eigenvalue weighted by molar-refractivity contribution is 0.0662. The van der Waals surface area contributed by atoms with E-state index in [-0.39, 0.29) is 17.9 Å². The molecular formula is C16H19NO4. The summed E-state index contributed by atoms with van der Waals surface area (Å²) in [4.78, 5) is 11.3. The maximum absolute atomic E-state index is 11.3. The van der Waals surface area contributed by atoms with Gasteiger partial charge in [0.05, 0.1) is 6.10 Å². The molecule has 3 N–H and O–H groups in total. The van der Waals surface area contributed by atoms with E-state index in [1.165, 1.54) is 0 Å². The first-order chi connectivity index (χ1) is 10.2. The Bertz CT molecular complexity index is 649. The number of hydrogen-bond acceptors (Lipinski definition) is 4. The minimum Gasteiger partial charge on any atom is -0.475 e. The molecule has 0 radical (unpaired) electrons. The maximum Gasteiger partial charge on any atom is 0.372 e.